The van der Waals surface area contributed by atoms with Crippen molar-refractivity contribution in [1.82, 2.24) is 9.78 Å². The molecule has 0 N–H and O–H groups in total. The van der Waals surface area contributed by atoms with E-state index in [1.807, 2.05) is 0 Å². The number of aryl methyl sites for hydroxylation is 1. The van der Waals surface area contributed by atoms with Crippen LogP contribution in [-0.4, -0.2) is 37.3 Å². The molecule has 1 unspecified atom stereocenters. The molecule has 0 amide bonds. The normalized spacial score (nSPS) is 15.2. The fraction of sp³-hybridized carbons (Fsp3) is 0.625. The van der Waals surface area contributed by atoms with Crippen molar-refractivity contribution in [2.45, 2.75) is 11.9 Å². The van der Waals surface area contributed by atoms with Crippen molar-refractivity contribution in [2.24, 2.45) is 7.05 Å². The fourth-order valence-electron chi connectivity index (χ4n) is 1.25. The van der Waals surface area contributed by atoms with Gasteiger partial charge in [-0.1, -0.05) is 18.5 Å². The molecule has 0 spiro atoms. The lowest BCUT2D eigenvalue weighted by Gasteiger charge is -2.12. The average Bonchev–Trinajstić information content (AvgIpc) is 2.64. The number of hydrogen-bond acceptors (Lipinski definition) is 7. The van der Waals surface area contributed by atoms with Crippen LogP contribution in [0, 0.1) is 0 Å². The molecule has 1 aromatic heterocycles. The lowest BCUT2D eigenvalue weighted by molar-refractivity contribution is 0.337. The molecule has 7 nitrogen and oxygen atoms in total. The molecule has 0 aromatic carbocycles. The second kappa shape index (κ2) is 6.05. The summed E-state index contributed by atoms with van der Waals surface area (Å²) >= 11 is 6.80. The highest BCUT2D eigenvalue weighted by Gasteiger charge is 2.31. The zero-order valence-electron chi connectivity index (χ0n) is 10.8. The first kappa shape index (κ1) is 16.8. The van der Waals surface area contributed by atoms with Crippen molar-refractivity contribution in [3.05, 3.63) is 5.02 Å². The molecule has 0 bridgehead atoms. The summed E-state index contributed by atoms with van der Waals surface area (Å²) in [5.41, 5.74) is 0. The Morgan fingerprint density at radius 1 is 1.53 bits per heavy atom. The van der Waals surface area contributed by atoms with Crippen LogP contribution in [0.3, 0.4) is 0 Å². The predicted molar refractivity (Wildman–Crippen MR) is 74.7 cm³/mol. The zero-order valence-corrected chi connectivity index (χ0v) is 14.1. The number of aromatic nitrogens is 2. The molecule has 1 atom stereocenters. The standard InChI is InChI=1S/C8H14ClN2O5PS2/c1-5-19(13,14)8-6(9)7(10-11(8)2)16-17(12,15-3)18-4/h5H2,1-4H3. The van der Waals surface area contributed by atoms with E-state index in [1.165, 1.54) is 27.3 Å². The van der Waals surface area contributed by atoms with Gasteiger partial charge in [0.2, 0.25) is 0 Å². The quantitative estimate of drug-likeness (QED) is 0.729. The molecule has 0 aliphatic rings. The van der Waals surface area contributed by atoms with E-state index in [4.69, 9.17) is 20.6 Å². The summed E-state index contributed by atoms with van der Waals surface area (Å²) in [5, 5.41) is 3.45. The van der Waals surface area contributed by atoms with E-state index in [1.54, 1.807) is 0 Å². The highest BCUT2D eigenvalue weighted by Crippen LogP contribution is 2.58. The third-order valence-electron chi connectivity index (χ3n) is 2.23. The van der Waals surface area contributed by atoms with Gasteiger partial charge in [-0.3, -0.25) is 9.21 Å². The van der Waals surface area contributed by atoms with Crippen molar-refractivity contribution in [1.29, 1.82) is 0 Å². The number of sulfone groups is 1. The molecule has 1 rings (SSSR count). The summed E-state index contributed by atoms with van der Waals surface area (Å²) in [6, 6.07) is 0. The molecule has 1 aromatic rings. The van der Waals surface area contributed by atoms with Crippen LogP contribution >= 0.6 is 29.8 Å². The van der Waals surface area contributed by atoms with Crippen LogP contribution < -0.4 is 4.52 Å². The number of nitrogens with zero attached hydrogens (tertiary/aromatic N) is 2. The lowest BCUT2D eigenvalue weighted by atomic mass is 10.7. The van der Waals surface area contributed by atoms with Crippen LogP contribution in [0.2, 0.25) is 5.02 Å². The predicted octanol–water partition coefficient (Wildman–Crippen LogP) is 2.36. The van der Waals surface area contributed by atoms with Gasteiger partial charge in [-0.15, -0.1) is 5.10 Å². The summed E-state index contributed by atoms with van der Waals surface area (Å²) in [5.74, 6) is -0.355. The van der Waals surface area contributed by atoms with Crippen molar-refractivity contribution in [3.8, 4) is 5.88 Å². The molecular weight excluding hydrogens is 335 g/mol. The smallest absolute Gasteiger partial charge is 0.395 e. The molecule has 19 heavy (non-hydrogen) atoms. The van der Waals surface area contributed by atoms with Crippen molar-refractivity contribution in [3.63, 3.8) is 0 Å². The molecule has 11 heteroatoms. The summed E-state index contributed by atoms with van der Waals surface area (Å²) in [6.45, 7) is -1.95. The summed E-state index contributed by atoms with van der Waals surface area (Å²) in [4.78, 5) is 0. The Morgan fingerprint density at radius 2 is 2.11 bits per heavy atom. The van der Waals surface area contributed by atoms with E-state index in [9.17, 15) is 13.0 Å². The fourth-order valence-corrected chi connectivity index (χ4v) is 4.45. The van der Waals surface area contributed by atoms with Gasteiger partial charge in [-0.05, 0) is 17.6 Å². The molecule has 0 fully saturated rings. The van der Waals surface area contributed by atoms with Crippen LogP contribution in [0.15, 0.2) is 5.03 Å². The third-order valence-corrected chi connectivity index (χ3v) is 7.80. The van der Waals surface area contributed by atoms with Gasteiger partial charge in [0.05, 0.1) is 5.75 Å². The zero-order chi connectivity index (χ0) is 14.8. The van der Waals surface area contributed by atoms with E-state index in [-0.39, 0.29) is 21.7 Å². The maximum Gasteiger partial charge on any atom is 0.440 e. The van der Waals surface area contributed by atoms with Gasteiger partial charge >= 0.3 is 6.80 Å². The van der Waals surface area contributed by atoms with E-state index >= 15 is 0 Å². The van der Waals surface area contributed by atoms with Gasteiger partial charge < -0.3 is 4.52 Å². The van der Waals surface area contributed by atoms with Crippen LogP contribution in [0.4, 0.5) is 0 Å². The Bertz CT molecular complexity index is 607. The SMILES string of the molecule is CCS(=O)(=O)c1c(Cl)c(OP(=O)(OC)SC)nn1C. The highest BCUT2D eigenvalue weighted by atomic mass is 35.5. The first-order valence-corrected chi connectivity index (χ1v) is 10.5. The molecule has 1 heterocycles. The van der Waals surface area contributed by atoms with E-state index in [2.05, 4.69) is 5.10 Å². The largest absolute Gasteiger partial charge is 0.440 e. The second-order valence-corrected chi connectivity index (χ2v) is 10.2. The van der Waals surface area contributed by atoms with Crippen LogP contribution in [-0.2, 0) is 26.0 Å². The topological polar surface area (TPSA) is 87.5 Å². The summed E-state index contributed by atoms with van der Waals surface area (Å²) in [6.07, 6.45) is 1.53. The Labute approximate surface area is 120 Å². The third kappa shape index (κ3) is 3.46. The van der Waals surface area contributed by atoms with Crippen LogP contribution in [0.1, 0.15) is 6.92 Å². The summed E-state index contributed by atoms with van der Waals surface area (Å²) < 4.78 is 46.6. The molecule has 0 aliphatic carbocycles. The van der Waals surface area contributed by atoms with Crippen LogP contribution in [0.5, 0.6) is 5.88 Å². The monoisotopic (exact) mass is 348 g/mol. The first-order valence-electron chi connectivity index (χ1n) is 5.07. The minimum Gasteiger partial charge on any atom is -0.395 e. The number of hydrogen-bond donors (Lipinski definition) is 0. The minimum absolute atomic E-state index is 0.129. The maximum absolute atomic E-state index is 12.0. The Balaban J connectivity index is 3.29. The molecular formula is C8H14ClN2O5PS2. The van der Waals surface area contributed by atoms with Crippen molar-refractivity contribution in [2.75, 3.05) is 19.1 Å². The molecule has 0 aliphatic heterocycles. The van der Waals surface area contributed by atoms with E-state index in [0.717, 1.165) is 16.1 Å². The first-order chi connectivity index (χ1) is 8.70. The lowest BCUT2D eigenvalue weighted by Crippen LogP contribution is -2.10. The summed E-state index contributed by atoms with van der Waals surface area (Å²) in [7, 11) is -0.922. The molecule has 0 saturated carbocycles. The van der Waals surface area contributed by atoms with E-state index < -0.39 is 16.6 Å². The van der Waals surface area contributed by atoms with Crippen LogP contribution in [0.25, 0.3) is 0 Å². The molecule has 0 radical (unpaired) electrons. The van der Waals surface area contributed by atoms with Crippen molar-refractivity contribution < 1.29 is 22.0 Å². The Kier molecular flexibility index (Phi) is 5.36. The Morgan fingerprint density at radius 3 is 2.53 bits per heavy atom. The van der Waals surface area contributed by atoms with Gasteiger partial charge in [0, 0.05) is 14.2 Å². The Hall–Kier alpha value is -0.210. The number of halogens is 1. The van der Waals surface area contributed by atoms with Crippen molar-refractivity contribution >= 4 is 39.6 Å². The average molecular weight is 349 g/mol. The van der Waals surface area contributed by atoms with E-state index in [0.29, 0.717) is 0 Å². The van der Waals surface area contributed by atoms with Gasteiger partial charge in [-0.2, -0.15) is 0 Å². The van der Waals surface area contributed by atoms with Gasteiger partial charge in [0.25, 0.3) is 5.88 Å². The minimum atomic E-state index is -3.56. The van der Waals surface area contributed by atoms with Gasteiger partial charge in [-0.25, -0.2) is 13.0 Å². The second-order valence-electron chi connectivity index (χ2n) is 3.35. The van der Waals surface area contributed by atoms with Gasteiger partial charge in [0.15, 0.2) is 14.9 Å². The number of rotatable bonds is 6. The molecule has 110 valence electrons. The van der Waals surface area contributed by atoms with Gasteiger partial charge in [0.1, 0.15) is 5.02 Å². The maximum atomic E-state index is 12.0. The highest BCUT2D eigenvalue weighted by molar-refractivity contribution is 8.54. The molecule has 0 saturated heterocycles.